The average Bonchev–Trinajstić information content (AvgIpc) is 3.22. The lowest BCUT2D eigenvalue weighted by Crippen LogP contribution is -2.39. The molecule has 3 heterocycles. The summed E-state index contributed by atoms with van der Waals surface area (Å²) in [4.78, 5) is 40.3. The average molecular weight is 441 g/mol. The summed E-state index contributed by atoms with van der Waals surface area (Å²) in [7, 11) is 0. The fraction of sp³-hybridized carbons (Fsp3) is 0.636. The molecule has 1 aliphatic heterocycles. The molecule has 2 saturated carbocycles. The van der Waals surface area contributed by atoms with Gasteiger partial charge in [0.15, 0.2) is 0 Å². The van der Waals surface area contributed by atoms with Crippen LogP contribution in [0.15, 0.2) is 23.1 Å². The number of carbonyl (C=O) groups is 2. The zero-order valence-corrected chi connectivity index (χ0v) is 17.9. The van der Waals surface area contributed by atoms with Crippen LogP contribution in [0.4, 0.5) is 0 Å². The highest BCUT2D eigenvalue weighted by molar-refractivity contribution is 5.86. The van der Waals surface area contributed by atoms with Gasteiger partial charge in [-0.15, -0.1) is 0 Å². The second-order valence-corrected chi connectivity index (χ2v) is 9.56. The van der Waals surface area contributed by atoms with Crippen LogP contribution < -0.4 is 5.48 Å². The molecule has 2 aromatic rings. The third-order valence-corrected chi connectivity index (χ3v) is 7.27. The quantitative estimate of drug-likeness (QED) is 0.496. The second-order valence-electron chi connectivity index (χ2n) is 9.56. The Labute approximate surface area is 185 Å². The molecule has 2 amide bonds. The summed E-state index contributed by atoms with van der Waals surface area (Å²) in [6.45, 7) is 0.640. The summed E-state index contributed by atoms with van der Waals surface area (Å²) in [5, 5.41) is 13.1. The Morgan fingerprint density at radius 3 is 2.78 bits per heavy atom. The lowest BCUT2D eigenvalue weighted by atomic mass is 9.89. The minimum atomic E-state index is -0.527. The van der Waals surface area contributed by atoms with Gasteiger partial charge in [0.25, 0.3) is 0 Å². The third-order valence-electron chi connectivity index (χ3n) is 7.27. The van der Waals surface area contributed by atoms with Crippen LogP contribution in [-0.2, 0) is 9.59 Å². The molecule has 2 atom stereocenters. The first-order valence-electron chi connectivity index (χ1n) is 11.4. The maximum atomic E-state index is 13.7. The van der Waals surface area contributed by atoms with E-state index < -0.39 is 11.8 Å². The molecular formula is C22H28N6O4. The van der Waals surface area contributed by atoms with E-state index in [0.717, 1.165) is 32.1 Å². The van der Waals surface area contributed by atoms with E-state index in [9.17, 15) is 9.59 Å². The predicted molar refractivity (Wildman–Crippen MR) is 111 cm³/mol. The van der Waals surface area contributed by atoms with E-state index in [2.05, 4.69) is 20.1 Å². The van der Waals surface area contributed by atoms with Gasteiger partial charge in [-0.3, -0.25) is 19.8 Å². The molecular weight excluding hydrogens is 412 g/mol. The van der Waals surface area contributed by atoms with Crippen molar-refractivity contribution < 1.29 is 19.3 Å². The highest BCUT2D eigenvalue weighted by Gasteiger charge is 2.55. The number of aromatic nitrogens is 4. The first kappa shape index (κ1) is 21.0. The first-order chi connectivity index (χ1) is 15.6. The Morgan fingerprint density at radius 1 is 1.28 bits per heavy atom. The fourth-order valence-corrected chi connectivity index (χ4v) is 5.36. The number of rotatable bonds is 7. The van der Waals surface area contributed by atoms with Crippen LogP contribution in [0.5, 0.6) is 0 Å². The van der Waals surface area contributed by atoms with Gasteiger partial charge in [-0.05, 0) is 37.0 Å². The second kappa shape index (κ2) is 8.57. The van der Waals surface area contributed by atoms with Crippen LogP contribution in [0.1, 0.15) is 69.7 Å². The number of amides is 2. The van der Waals surface area contributed by atoms with E-state index in [1.54, 1.807) is 24.1 Å². The molecule has 0 aromatic carbocycles. The SMILES string of the molecule is O=C(C[C@@H](CC1CCCC1)C(=O)N1CC2(CC2)C[C@H]1c1nc(-c2cnccn2)no1)NO. The van der Waals surface area contributed by atoms with Crippen LogP contribution >= 0.6 is 0 Å². The third kappa shape index (κ3) is 4.23. The van der Waals surface area contributed by atoms with Gasteiger partial charge >= 0.3 is 0 Å². The number of likely N-dealkylation sites (tertiary alicyclic amines) is 1. The zero-order chi connectivity index (χ0) is 22.1. The number of nitrogens with zero attached hydrogens (tertiary/aromatic N) is 5. The van der Waals surface area contributed by atoms with Gasteiger partial charge in [0, 0.05) is 31.3 Å². The summed E-state index contributed by atoms with van der Waals surface area (Å²) in [6, 6.07) is -0.314. The van der Waals surface area contributed by atoms with Gasteiger partial charge in [-0.1, -0.05) is 30.8 Å². The molecule has 5 rings (SSSR count). The number of carbonyl (C=O) groups excluding carboxylic acids is 2. The van der Waals surface area contributed by atoms with Crippen LogP contribution in [0.3, 0.4) is 0 Å². The van der Waals surface area contributed by atoms with Crippen molar-refractivity contribution in [1.29, 1.82) is 0 Å². The van der Waals surface area contributed by atoms with Crippen molar-refractivity contribution in [3.05, 3.63) is 24.5 Å². The smallest absolute Gasteiger partial charge is 0.249 e. The van der Waals surface area contributed by atoms with E-state index in [1.807, 2.05) is 4.90 Å². The van der Waals surface area contributed by atoms with Crippen LogP contribution in [0, 0.1) is 17.3 Å². The first-order valence-corrected chi connectivity index (χ1v) is 11.4. The number of hydrogen-bond acceptors (Lipinski definition) is 8. The molecule has 170 valence electrons. The number of hydrogen-bond donors (Lipinski definition) is 2. The molecule has 2 aliphatic carbocycles. The lowest BCUT2D eigenvalue weighted by molar-refractivity contribution is -0.142. The highest BCUT2D eigenvalue weighted by Crippen LogP contribution is 2.58. The normalized spacial score (nSPS) is 22.9. The number of nitrogens with one attached hydrogen (secondary N) is 1. The van der Waals surface area contributed by atoms with Crippen molar-refractivity contribution in [2.45, 2.75) is 63.8 Å². The van der Waals surface area contributed by atoms with E-state index >= 15 is 0 Å². The lowest BCUT2D eigenvalue weighted by Gasteiger charge is -2.28. The summed E-state index contributed by atoms with van der Waals surface area (Å²) < 4.78 is 5.58. The van der Waals surface area contributed by atoms with E-state index in [4.69, 9.17) is 9.73 Å². The van der Waals surface area contributed by atoms with Gasteiger partial charge in [-0.25, -0.2) is 10.5 Å². The molecule has 10 nitrogen and oxygen atoms in total. The molecule has 0 unspecified atom stereocenters. The standard InChI is InChI=1S/C22H28N6O4/c29-18(26-31)10-15(9-14-3-1-2-4-14)21(30)28-13-22(5-6-22)11-17(28)20-25-19(27-32-20)16-12-23-7-8-24-16/h7-8,12,14-15,17,31H,1-6,9-11,13H2,(H,26,29)/t15-,17+/m1/s1. The summed E-state index contributed by atoms with van der Waals surface area (Å²) in [6.07, 6.45) is 12.8. The van der Waals surface area contributed by atoms with Crippen molar-refractivity contribution >= 4 is 11.8 Å². The Balaban J connectivity index is 1.38. The zero-order valence-electron chi connectivity index (χ0n) is 17.9. The largest absolute Gasteiger partial charge is 0.337 e. The predicted octanol–water partition coefficient (Wildman–Crippen LogP) is 2.67. The molecule has 1 spiro atoms. The maximum absolute atomic E-state index is 13.7. The Hall–Kier alpha value is -2.88. The Morgan fingerprint density at radius 2 is 2.09 bits per heavy atom. The van der Waals surface area contributed by atoms with Crippen molar-refractivity contribution in [3.8, 4) is 11.5 Å². The highest BCUT2D eigenvalue weighted by atomic mass is 16.5. The van der Waals surface area contributed by atoms with E-state index in [1.165, 1.54) is 12.8 Å². The van der Waals surface area contributed by atoms with Gasteiger partial charge < -0.3 is 9.42 Å². The fourth-order valence-electron chi connectivity index (χ4n) is 5.36. The molecule has 2 N–H and O–H groups in total. The topological polar surface area (TPSA) is 134 Å². The van der Waals surface area contributed by atoms with Gasteiger partial charge in [-0.2, -0.15) is 4.98 Å². The van der Waals surface area contributed by atoms with Gasteiger partial charge in [0.2, 0.25) is 23.5 Å². The van der Waals surface area contributed by atoms with Crippen molar-refractivity contribution in [1.82, 2.24) is 30.5 Å². The van der Waals surface area contributed by atoms with Gasteiger partial charge in [0.05, 0.1) is 6.20 Å². The molecule has 2 aromatic heterocycles. The minimum absolute atomic E-state index is 0.0171. The summed E-state index contributed by atoms with van der Waals surface area (Å²) >= 11 is 0. The van der Waals surface area contributed by atoms with Crippen molar-refractivity contribution in [2.75, 3.05) is 6.54 Å². The number of hydroxylamine groups is 1. The summed E-state index contributed by atoms with van der Waals surface area (Å²) in [5.41, 5.74) is 2.32. The minimum Gasteiger partial charge on any atom is -0.337 e. The van der Waals surface area contributed by atoms with Crippen molar-refractivity contribution in [2.24, 2.45) is 17.3 Å². The van der Waals surface area contributed by atoms with Gasteiger partial charge in [0.1, 0.15) is 11.7 Å². The molecule has 3 aliphatic rings. The van der Waals surface area contributed by atoms with Crippen LogP contribution in [0.2, 0.25) is 0 Å². The molecule has 0 radical (unpaired) electrons. The maximum Gasteiger partial charge on any atom is 0.249 e. The molecule has 0 bridgehead atoms. The molecule has 3 fully saturated rings. The van der Waals surface area contributed by atoms with Crippen LogP contribution in [-0.4, -0.2) is 48.6 Å². The molecule has 1 saturated heterocycles. The molecule has 10 heteroatoms. The van der Waals surface area contributed by atoms with E-state index in [-0.39, 0.29) is 23.8 Å². The Kier molecular flexibility index (Phi) is 5.62. The monoisotopic (exact) mass is 440 g/mol. The summed E-state index contributed by atoms with van der Waals surface area (Å²) in [5.74, 6) is 0.130. The van der Waals surface area contributed by atoms with Crippen molar-refractivity contribution in [3.63, 3.8) is 0 Å². The Bertz CT molecular complexity index is 970. The molecule has 32 heavy (non-hydrogen) atoms. The van der Waals surface area contributed by atoms with Crippen LogP contribution in [0.25, 0.3) is 11.5 Å². The van der Waals surface area contributed by atoms with E-state index in [0.29, 0.717) is 36.3 Å².